The average molecular weight is 1740 g/mol. The Morgan fingerprint density at radius 2 is 0.746 bits per heavy atom. The number of aromatic nitrogens is 9. The highest BCUT2D eigenvalue weighted by atomic mass is 14.7. The standard InChI is InChI=1S/C17H18N2.C17H23N.C16H23N.C15H21N.C14H16N2.C14H19N.C13H14N2.C13H17N/c1-17(2,3)15-10-16-12(6-8-19-16)9-14(15)13-5-4-7-18-11-13;1-17(2,3)13-8-9-14-15(11-18-16(14)10-13)12-6-4-5-7-12;1-15(2,3)11-7-8-12-13(16(4,5)6)10-17-14(12)9-11;1-10(2)13-9-16-14-8-11(15(3,4)5)6-7-12(13)14;1-14(2,3)11-4-5-12-10(6-7-15)9-16-13(12)8-11;1-5-10-9-15-13-8-11(14(2,3)4)6-7-12(10)13;1-13(2,3)10-4-5-11-9(7-14)8-15-12(11)6-10;1-9-8-14-12-7-10(13(2,3)4)5-6-11(9)12/h4-11,19H,1-3H3;8-12,18H,4-7H2,1-3H3;7-10,17H,1-6H3;6-10,16H,1-5H3;4-5,8-9,16H,6H2,1-3H3;6-9,15H,5H2,1-4H3;4-6,8,15H,1-3H3;5-8,14H,1-4H3. The Morgan fingerprint density at radius 1 is 0.362 bits per heavy atom. The van der Waals surface area contributed by atoms with Crippen molar-refractivity contribution in [2.75, 3.05) is 0 Å². The second kappa shape index (κ2) is 39.5. The quantitative estimate of drug-likeness (QED) is 0.0854. The molecule has 18 rings (SSSR count). The Morgan fingerprint density at radius 3 is 1.20 bits per heavy atom. The molecule has 0 spiro atoms. The highest BCUT2D eigenvalue weighted by Gasteiger charge is 2.27. The molecule has 1 saturated carbocycles. The number of nitrogens with zero attached hydrogens (tertiary/aromatic N) is 3. The zero-order valence-electron chi connectivity index (χ0n) is 84.5. The van der Waals surface area contributed by atoms with E-state index in [0.29, 0.717) is 17.9 Å². The third kappa shape index (κ3) is 24.2. The summed E-state index contributed by atoms with van der Waals surface area (Å²) in [4.78, 5) is 30.8. The number of rotatable bonds is 5. The molecule has 0 saturated heterocycles. The summed E-state index contributed by atoms with van der Waals surface area (Å²) in [7, 11) is 0. The van der Waals surface area contributed by atoms with E-state index in [4.69, 9.17) is 10.5 Å². The van der Waals surface area contributed by atoms with Gasteiger partial charge in [0.15, 0.2) is 0 Å². The molecule has 0 amide bonds. The van der Waals surface area contributed by atoms with E-state index in [-0.39, 0.29) is 48.7 Å². The SMILES string of the molecule is CC(C)(C)c1cc2[nH]ccc2cc1-c1cccnc1.CC(C)(C)c1ccc2c(C#N)c[nH]c2c1.CC(C)(C)c1ccc2c(C(C)(C)C)c[nH]c2c1.CC(C)(C)c1ccc2c(C3CCCC3)c[nH]c2c1.CC(C)(C)c1ccc2c(CC#N)c[nH]c2c1.CC(C)c1c[nH]c2cc(C(C)(C)C)ccc12.CCc1c[nH]c2cc(C(C)(C)C)ccc12.Cc1c[nH]c2cc(C(C)(C)C)ccc12. The number of benzene rings is 8. The topological polar surface area (TPSA) is 187 Å². The molecule has 8 aromatic carbocycles. The van der Waals surface area contributed by atoms with E-state index in [1.807, 2.05) is 36.9 Å². The predicted molar refractivity (Wildman–Crippen MR) is 561 cm³/mol. The van der Waals surface area contributed by atoms with Crippen molar-refractivity contribution in [1.82, 2.24) is 44.9 Å². The van der Waals surface area contributed by atoms with Crippen molar-refractivity contribution in [2.24, 2.45) is 0 Å². The van der Waals surface area contributed by atoms with Gasteiger partial charge in [-0.05, 0) is 242 Å². The summed E-state index contributed by atoms with van der Waals surface area (Å²) in [5, 5.41) is 27.9. The molecule has 0 radical (unpaired) electrons. The Labute approximate surface area is 777 Å². The number of nitriles is 2. The van der Waals surface area contributed by atoms with E-state index in [0.717, 1.165) is 39.7 Å². The number of hydrogen-bond acceptors (Lipinski definition) is 3. The van der Waals surface area contributed by atoms with Gasteiger partial charge >= 0.3 is 0 Å². The van der Waals surface area contributed by atoms with Crippen LogP contribution in [0.25, 0.3) is 98.4 Å². The van der Waals surface area contributed by atoms with Gasteiger partial charge in [0, 0.05) is 149 Å². The lowest BCUT2D eigenvalue weighted by atomic mass is 9.81. The maximum Gasteiger partial charge on any atom is 0.101 e. The first kappa shape index (κ1) is 98.8. The second-order valence-corrected chi connectivity index (χ2v) is 45.7. The summed E-state index contributed by atoms with van der Waals surface area (Å²) in [5.74, 6) is 1.37. The van der Waals surface area contributed by atoms with Crippen LogP contribution in [-0.4, -0.2) is 44.9 Å². The van der Waals surface area contributed by atoms with Crippen LogP contribution in [0.2, 0.25) is 0 Å². The first-order valence-electron chi connectivity index (χ1n) is 47.3. The number of H-pyrrole nitrogens is 8. The van der Waals surface area contributed by atoms with E-state index < -0.39 is 0 Å². The van der Waals surface area contributed by atoms with E-state index in [2.05, 4.69) is 448 Å². The summed E-state index contributed by atoms with van der Waals surface area (Å²) in [6.45, 7) is 69.3. The van der Waals surface area contributed by atoms with Crippen molar-refractivity contribution in [3.63, 3.8) is 0 Å². The molecule has 0 bridgehead atoms. The van der Waals surface area contributed by atoms with Crippen molar-refractivity contribution in [3.05, 3.63) is 303 Å². The summed E-state index contributed by atoms with van der Waals surface area (Å²) in [5.41, 5.74) is 33.6. The molecule has 1 aliphatic carbocycles. The Balaban J connectivity index is 0.000000144. The molecular formula is C119H151N11. The molecule has 0 unspecified atom stereocenters. The monoisotopic (exact) mass is 1730 g/mol. The van der Waals surface area contributed by atoms with Gasteiger partial charge in [-0.1, -0.05) is 312 Å². The van der Waals surface area contributed by atoms with Gasteiger partial charge in [0.25, 0.3) is 0 Å². The van der Waals surface area contributed by atoms with Gasteiger partial charge in [-0.3, -0.25) is 4.98 Å². The molecular weight excluding hydrogens is 1580 g/mol. The normalized spacial score (nSPS) is 13.0. The van der Waals surface area contributed by atoms with Crippen LogP contribution in [0.3, 0.4) is 0 Å². The number of fused-ring (bicyclic) bond motifs is 8. The molecule has 1 fully saturated rings. The molecule has 8 N–H and O–H groups in total. The van der Waals surface area contributed by atoms with Gasteiger partial charge < -0.3 is 39.9 Å². The number of pyridine rings is 1. The highest BCUT2D eigenvalue weighted by Crippen LogP contribution is 2.42. The molecule has 0 atom stereocenters. The minimum atomic E-state index is 0.102. The Kier molecular flexibility index (Phi) is 30.0. The number of nitrogens with one attached hydrogen (secondary N) is 8. The molecule has 11 heteroatoms. The van der Waals surface area contributed by atoms with Crippen LogP contribution in [0.5, 0.6) is 0 Å². The molecule has 0 aliphatic heterocycles. The molecule has 1 aliphatic rings. The van der Waals surface area contributed by atoms with E-state index in [1.165, 1.54) is 169 Å². The molecule has 17 aromatic rings. The van der Waals surface area contributed by atoms with Crippen molar-refractivity contribution in [1.29, 1.82) is 10.5 Å². The van der Waals surface area contributed by atoms with Crippen LogP contribution < -0.4 is 0 Å². The van der Waals surface area contributed by atoms with Crippen LogP contribution in [-0.2, 0) is 61.6 Å². The Hall–Kier alpha value is -11.8. The molecule has 9 aromatic heterocycles. The van der Waals surface area contributed by atoms with Gasteiger partial charge in [-0.2, -0.15) is 10.5 Å². The van der Waals surface area contributed by atoms with Crippen molar-refractivity contribution in [2.45, 2.75) is 314 Å². The fourth-order valence-electron chi connectivity index (χ4n) is 17.2. The van der Waals surface area contributed by atoms with Crippen molar-refractivity contribution in [3.8, 4) is 23.3 Å². The number of hydrogen-bond donors (Lipinski definition) is 8. The Bertz CT molecular complexity index is 6750. The van der Waals surface area contributed by atoms with Gasteiger partial charge in [-0.15, -0.1) is 0 Å². The summed E-state index contributed by atoms with van der Waals surface area (Å²) >= 11 is 0. The minimum Gasteiger partial charge on any atom is -0.361 e. The van der Waals surface area contributed by atoms with Gasteiger partial charge in [0.05, 0.1) is 18.1 Å². The molecule has 9 heterocycles. The number of aryl methyl sites for hydroxylation is 2. The average Bonchev–Trinajstić information content (AvgIpc) is 1.47. The van der Waals surface area contributed by atoms with Crippen LogP contribution >= 0.6 is 0 Å². The third-order valence-electron chi connectivity index (χ3n) is 25.7. The molecule has 11 nitrogen and oxygen atoms in total. The van der Waals surface area contributed by atoms with Gasteiger partial charge in [-0.25, -0.2) is 0 Å². The third-order valence-corrected chi connectivity index (χ3v) is 25.7. The van der Waals surface area contributed by atoms with Crippen molar-refractivity contribution >= 4 is 87.2 Å². The fourth-order valence-corrected chi connectivity index (χ4v) is 17.2. The first-order chi connectivity index (χ1) is 60.7. The smallest absolute Gasteiger partial charge is 0.101 e. The predicted octanol–water partition coefficient (Wildman–Crippen LogP) is 33.7. The first-order valence-corrected chi connectivity index (χ1v) is 47.3. The van der Waals surface area contributed by atoms with Gasteiger partial charge in [0.1, 0.15) is 6.07 Å². The van der Waals surface area contributed by atoms with Crippen LogP contribution in [0.15, 0.2) is 220 Å². The van der Waals surface area contributed by atoms with Crippen LogP contribution in [0.4, 0.5) is 0 Å². The van der Waals surface area contributed by atoms with E-state index in [9.17, 15) is 0 Å². The van der Waals surface area contributed by atoms with Crippen LogP contribution in [0, 0.1) is 29.6 Å². The fraction of sp³-hybridized carbons (Fsp3) is 0.403. The van der Waals surface area contributed by atoms with Crippen molar-refractivity contribution < 1.29 is 0 Å². The zero-order valence-corrected chi connectivity index (χ0v) is 84.5. The van der Waals surface area contributed by atoms with E-state index in [1.54, 1.807) is 11.8 Å². The van der Waals surface area contributed by atoms with Gasteiger partial charge in [0.2, 0.25) is 0 Å². The summed E-state index contributed by atoms with van der Waals surface area (Å²) in [6, 6.07) is 61.7. The lowest BCUT2D eigenvalue weighted by Crippen LogP contribution is -2.12. The second-order valence-electron chi connectivity index (χ2n) is 45.7. The zero-order chi connectivity index (χ0) is 95.2. The lowest BCUT2D eigenvalue weighted by Gasteiger charge is -2.23. The maximum atomic E-state index is 8.88. The largest absolute Gasteiger partial charge is 0.361 e. The summed E-state index contributed by atoms with van der Waals surface area (Å²) < 4.78 is 0. The highest BCUT2D eigenvalue weighted by molar-refractivity contribution is 5.91. The molecule has 682 valence electrons. The summed E-state index contributed by atoms with van der Waals surface area (Å²) in [6.07, 6.45) is 27.3. The lowest BCUT2D eigenvalue weighted by molar-refractivity contribution is 0.590. The molecule has 130 heavy (non-hydrogen) atoms. The van der Waals surface area contributed by atoms with E-state index >= 15 is 0 Å². The number of aromatic amines is 8. The minimum absolute atomic E-state index is 0.102. The maximum absolute atomic E-state index is 8.88. The van der Waals surface area contributed by atoms with Crippen LogP contribution in [0.1, 0.15) is 329 Å².